The van der Waals surface area contributed by atoms with E-state index in [1.165, 1.54) is 0 Å². The number of anilines is 1. The minimum atomic E-state index is -0.0555. The van der Waals surface area contributed by atoms with Crippen LogP contribution in [-0.4, -0.2) is 29.7 Å². The zero-order valence-electron chi connectivity index (χ0n) is 10.4. The van der Waals surface area contributed by atoms with Crippen molar-refractivity contribution in [1.29, 1.82) is 0 Å². The van der Waals surface area contributed by atoms with Gasteiger partial charge < -0.3 is 10.6 Å². The summed E-state index contributed by atoms with van der Waals surface area (Å²) in [4.78, 5) is 11.8. The molecule has 0 saturated carbocycles. The molecular formula is C12H17ClN4O. The van der Waals surface area contributed by atoms with Crippen molar-refractivity contribution in [1.82, 2.24) is 15.5 Å². The van der Waals surface area contributed by atoms with Crippen LogP contribution in [0.25, 0.3) is 10.9 Å². The van der Waals surface area contributed by atoms with Gasteiger partial charge >= 0.3 is 0 Å². The van der Waals surface area contributed by atoms with Crippen LogP contribution in [0.5, 0.6) is 0 Å². The lowest BCUT2D eigenvalue weighted by Gasteiger charge is -2.11. The molecule has 0 aliphatic carbocycles. The maximum absolute atomic E-state index is 11.8. The highest BCUT2D eigenvalue weighted by Crippen LogP contribution is 2.17. The maximum atomic E-state index is 11.8. The van der Waals surface area contributed by atoms with Gasteiger partial charge in [0, 0.05) is 23.5 Å². The van der Waals surface area contributed by atoms with Crippen molar-refractivity contribution in [2.75, 3.05) is 18.9 Å². The van der Waals surface area contributed by atoms with E-state index >= 15 is 0 Å². The van der Waals surface area contributed by atoms with E-state index in [0.29, 0.717) is 6.54 Å². The molecule has 1 aromatic heterocycles. The lowest BCUT2D eigenvalue weighted by atomic mass is 10.1. The minimum absolute atomic E-state index is 0. The van der Waals surface area contributed by atoms with Crippen LogP contribution in [0.4, 0.5) is 5.69 Å². The first-order chi connectivity index (χ1) is 8.20. The predicted molar refractivity (Wildman–Crippen MR) is 75.1 cm³/mol. The van der Waals surface area contributed by atoms with Crippen LogP contribution < -0.4 is 10.6 Å². The molecule has 0 saturated heterocycles. The van der Waals surface area contributed by atoms with Gasteiger partial charge in [0.2, 0.25) is 5.91 Å². The zero-order chi connectivity index (χ0) is 12.3. The average Bonchev–Trinajstić information content (AvgIpc) is 2.76. The fourth-order valence-electron chi connectivity index (χ4n) is 1.68. The lowest BCUT2D eigenvalue weighted by molar-refractivity contribution is -0.119. The van der Waals surface area contributed by atoms with Crippen molar-refractivity contribution in [3.05, 3.63) is 24.4 Å². The number of amides is 1. The molecule has 0 radical (unpaired) electrons. The molecule has 0 aliphatic rings. The van der Waals surface area contributed by atoms with Crippen LogP contribution in [-0.2, 0) is 4.79 Å². The summed E-state index contributed by atoms with van der Waals surface area (Å²) in [6, 6.07) is 5.67. The fraction of sp³-hybridized carbons (Fsp3) is 0.333. The third-order valence-corrected chi connectivity index (χ3v) is 2.67. The van der Waals surface area contributed by atoms with Crippen LogP contribution in [0.1, 0.15) is 6.92 Å². The molecule has 2 rings (SSSR count). The highest BCUT2D eigenvalue weighted by Gasteiger charge is 2.11. The van der Waals surface area contributed by atoms with E-state index in [4.69, 9.17) is 0 Å². The Kier molecular flexibility index (Phi) is 5.12. The first kappa shape index (κ1) is 14.5. The minimum Gasteiger partial charge on any atom is -0.326 e. The normalized spacial score (nSPS) is 11.9. The molecule has 0 fully saturated rings. The van der Waals surface area contributed by atoms with E-state index in [1.807, 2.05) is 32.2 Å². The maximum Gasteiger partial charge on any atom is 0.228 e. The number of aromatic amines is 1. The molecule has 0 spiro atoms. The fourth-order valence-corrected chi connectivity index (χ4v) is 1.68. The Bertz CT molecular complexity index is 526. The smallest absolute Gasteiger partial charge is 0.228 e. The molecule has 6 heteroatoms. The zero-order valence-corrected chi connectivity index (χ0v) is 11.2. The summed E-state index contributed by atoms with van der Waals surface area (Å²) >= 11 is 0. The molecule has 1 aromatic carbocycles. The molecule has 98 valence electrons. The Hall–Kier alpha value is -1.59. The number of halogens is 1. The molecule has 0 aliphatic heterocycles. The van der Waals surface area contributed by atoms with Gasteiger partial charge in [-0.3, -0.25) is 9.89 Å². The van der Waals surface area contributed by atoms with E-state index in [-0.39, 0.29) is 24.2 Å². The molecule has 0 bridgehead atoms. The number of nitrogens with one attached hydrogen (secondary N) is 3. The summed E-state index contributed by atoms with van der Waals surface area (Å²) in [6.45, 7) is 2.56. The Morgan fingerprint density at radius 1 is 1.50 bits per heavy atom. The summed E-state index contributed by atoms with van der Waals surface area (Å²) in [5.41, 5.74) is 1.76. The highest BCUT2D eigenvalue weighted by molar-refractivity contribution is 5.94. The first-order valence-corrected chi connectivity index (χ1v) is 5.59. The van der Waals surface area contributed by atoms with Gasteiger partial charge in [0.15, 0.2) is 0 Å². The molecule has 5 nitrogen and oxygen atoms in total. The van der Waals surface area contributed by atoms with E-state index in [9.17, 15) is 4.79 Å². The number of nitrogens with zero attached hydrogens (tertiary/aromatic N) is 1. The van der Waals surface area contributed by atoms with E-state index in [2.05, 4.69) is 20.8 Å². The molecule has 2 aromatic rings. The number of aromatic nitrogens is 2. The largest absolute Gasteiger partial charge is 0.326 e. The van der Waals surface area contributed by atoms with Crippen molar-refractivity contribution >= 4 is 34.9 Å². The molecule has 18 heavy (non-hydrogen) atoms. The molecule has 3 N–H and O–H groups in total. The molecule has 1 atom stereocenters. The second-order valence-electron chi connectivity index (χ2n) is 4.12. The number of benzene rings is 1. The molecule has 1 heterocycles. The van der Waals surface area contributed by atoms with Crippen LogP contribution in [0.2, 0.25) is 0 Å². The van der Waals surface area contributed by atoms with Gasteiger partial charge in [0.05, 0.1) is 11.7 Å². The summed E-state index contributed by atoms with van der Waals surface area (Å²) in [6.07, 6.45) is 1.74. The average molecular weight is 269 g/mol. The Morgan fingerprint density at radius 2 is 2.28 bits per heavy atom. The first-order valence-electron chi connectivity index (χ1n) is 5.59. The molecule has 1 unspecified atom stereocenters. The summed E-state index contributed by atoms with van der Waals surface area (Å²) < 4.78 is 0. The molecule has 1 amide bonds. The van der Waals surface area contributed by atoms with Gasteiger partial charge in [0.1, 0.15) is 0 Å². The summed E-state index contributed by atoms with van der Waals surface area (Å²) in [5.74, 6) is -0.0396. The van der Waals surface area contributed by atoms with Crippen molar-refractivity contribution in [2.45, 2.75) is 6.92 Å². The van der Waals surface area contributed by atoms with E-state index in [1.54, 1.807) is 6.20 Å². The third-order valence-electron chi connectivity index (χ3n) is 2.67. The lowest BCUT2D eigenvalue weighted by Crippen LogP contribution is -2.28. The second kappa shape index (κ2) is 6.37. The van der Waals surface area contributed by atoms with Gasteiger partial charge in [-0.2, -0.15) is 5.10 Å². The van der Waals surface area contributed by atoms with Gasteiger partial charge in [-0.25, -0.2) is 0 Å². The topological polar surface area (TPSA) is 69.8 Å². The van der Waals surface area contributed by atoms with Gasteiger partial charge in [0.25, 0.3) is 0 Å². The van der Waals surface area contributed by atoms with Crippen LogP contribution in [0.15, 0.2) is 24.4 Å². The van der Waals surface area contributed by atoms with Crippen molar-refractivity contribution < 1.29 is 4.79 Å². The standard InChI is InChI=1S/C12H16N4O.ClH/c1-8(6-13-2)12(17)15-10-3-4-11-9(5-10)7-14-16-11;/h3-5,7-8,13H,6H2,1-2H3,(H,14,16)(H,15,17);1H. The second-order valence-corrected chi connectivity index (χ2v) is 4.12. The highest BCUT2D eigenvalue weighted by atomic mass is 35.5. The van der Waals surface area contributed by atoms with Crippen LogP contribution in [0.3, 0.4) is 0 Å². The number of hydrogen-bond donors (Lipinski definition) is 3. The van der Waals surface area contributed by atoms with Crippen molar-refractivity contribution in [3.63, 3.8) is 0 Å². The van der Waals surface area contributed by atoms with Gasteiger partial charge in [-0.15, -0.1) is 12.4 Å². The van der Waals surface area contributed by atoms with Crippen LogP contribution >= 0.6 is 12.4 Å². The summed E-state index contributed by atoms with van der Waals surface area (Å²) in [7, 11) is 1.83. The Balaban J connectivity index is 0.00000162. The van der Waals surface area contributed by atoms with Crippen molar-refractivity contribution in [3.8, 4) is 0 Å². The number of H-pyrrole nitrogens is 1. The third kappa shape index (κ3) is 3.21. The number of fused-ring (bicyclic) bond motifs is 1. The van der Waals surface area contributed by atoms with E-state index < -0.39 is 0 Å². The van der Waals surface area contributed by atoms with Gasteiger partial charge in [-0.05, 0) is 25.2 Å². The number of hydrogen-bond acceptors (Lipinski definition) is 3. The molecular weight excluding hydrogens is 252 g/mol. The Morgan fingerprint density at radius 3 is 3.00 bits per heavy atom. The van der Waals surface area contributed by atoms with Gasteiger partial charge in [-0.1, -0.05) is 6.92 Å². The monoisotopic (exact) mass is 268 g/mol. The number of carbonyl (C=O) groups is 1. The quantitative estimate of drug-likeness (QED) is 0.792. The Labute approximate surface area is 112 Å². The number of rotatable bonds is 4. The SMILES string of the molecule is CNCC(C)C(=O)Nc1ccc2[nH]ncc2c1.Cl. The predicted octanol–water partition coefficient (Wildman–Crippen LogP) is 1.78. The van der Waals surface area contributed by atoms with Crippen molar-refractivity contribution in [2.24, 2.45) is 5.92 Å². The summed E-state index contributed by atoms with van der Waals surface area (Å²) in [5, 5.41) is 13.7. The van der Waals surface area contributed by atoms with E-state index in [0.717, 1.165) is 16.6 Å². The van der Waals surface area contributed by atoms with Crippen LogP contribution in [0, 0.1) is 5.92 Å². The number of carbonyl (C=O) groups excluding carboxylic acids is 1.